The van der Waals surface area contributed by atoms with Crippen molar-refractivity contribution in [2.24, 2.45) is 0 Å². The average molecular weight is 328 g/mol. The van der Waals surface area contributed by atoms with Crippen LogP contribution in [0, 0.1) is 0 Å². The first-order chi connectivity index (χ1) is 11.8. The monoisotopic (exact) mass is 328 g/mol. The number of rotatable bonds is 4. The minimum atomic E-state index is -0.145. The summed E-state index contributed by atoms with van der Waals surface area (Å²) in [5.41, 5.74) is 1.09. The molecule has 1 aromatic carbocycles. The highest BCUT2D eigenvalue weighted by atomic mass is 16.5. The molecule has 5 nitrogen and oxygen atoms in total. The third kappa shape index (κ3) is 2.76. The molecule has 4 rings (SSSR count). The van der Waals surface area contributed by atoms with Crippen molar-refractivity contribution in [1.29, 1.82) is 0 Å². The maximum absolute atomic E-state index is 12.4. The normalized spacial score (nSPS) is 27.2. The van der Waals surface area contributed by atoms with Crippen LogP contribution in [0.1, 0.15) is 52.8 Å². The van der Waals surface area contributed by atoms with Gasteiger partial charge in [-0.1, -0.05) is 25.0 Å². The Labute approximate surface area is 142 Å². The summed E-state index contributed by atoms with van der Waals surface area (Å²) < 4.78 is 5.91. The minimum absolute atomic E-state index is 0.145. The topological polar surface area (TPSA) is 49.9 Å². The lowest BCUT2D eigenvalue weighted by Gasteiger charge is -2.44. The van der Waals surface area contributed by atoms with Gasteiger partial charge in [-0.05, 0) is 31.4 Å². The SMILES string of the molecule is O=C1c2ccccc2C(=O)N1CCCN1CCO[C@H]2CCCC[C@@H]21. The summed E-state index contributed by atoms with van der Waals surface area (Å²) in [4.78, 5) is 28.7. The van der Waals surface area contributed by atoms with E-state index in [9.17, 15) is 9.59 Å². The molecule has 2 heterocycles. The predicted octanol–water partition coefficient (Wildman–Crippen LogP) is 2.32. The van der Waals surface area contributed by atoms with Crippen LogP contribution in [-0.2, 0) is 4.74 Å². The van der Waals surface area contributed by atoms with Crippen LogP contribution in [0.4, 0.5) is 0 Å². The number of hydrogen-bond donors (Lipinski definition) is 0. The highest BCUT2D eigenvalue weighted by molar-refractivity contribution is 6.21. The van der Waals surface area contributed by atoms with Crippen molar-refractivity contribution in [3.8, 4) is 0 Å². The summed E-state index contributed by atoms with van der Waals surface area (Å²) in [5.74, 6) is -0.291. The quantitative estimate of drug-likeness (QED) is 0.796. The Hall–Kier alpha value is -1.72. The Balaban J connectivity index is 1.35. The van der Waals surface area contributed by atoms with E-state index in [-0.39, 0.29) is 11.8 Å². The van der Waals surface area contributed by atoms with E-state index in [2.05, 4.69) is 4.90 Å². The lowest BCUT2D eigenvalue weighted by Crippen LogP contribution is -2.53. The largest absolute Gasteiger partial charge is 0.375 e. The molecule has 1 saturated carbocycles. The standard InChI is InChI=1S/C19H24N2O3/c22-18-14-6-1-2-7-15(14)19(23)21(18)11-5-10-20-12-13-24-17-9-4-3-8-16(17)20/h1-2,6-7,16-17H,3-5,8-13H2/t16-,17-/m0/s1. The number of imide groups is 1. The molecule has 2 aliphatic heterocycles. The van der Waals surface area contributed by atoms with Crippen LogP contribution in [0.2, 0.25) is 0 Å². The van der Waals surface area contributed by atoms with Gasteiger partial charge in [0.2, 0.25) is 0 Å². The van der Waals surface area contributed by atoms with Gasteiger partial charge in [-0.2, -0.15) is 0 Å². The molecular weight excluding hydrogens is 304 g/mol. The molecule has 0 unspecified atom stereocenters. The lowest BCUT2D eigenvalue weighted by molar-refractivity contribution is -0.0883. The van der Waals surface area contributed by atoms with Gasteiger partial charge in [0.1, 0.15) is 0 Å². The molecule has 128 valence electrons. The molecule has 3 aliphatic rings. The molecule has 1 aromatic rings. The van der Waals surface area contributed by atoms with Crippen LogP contribution in [0.25, 0.3) is 0 Å². The number of carbonyl (C=O) groups excluding carboxylic acids is 2. The fraction of sp³-hybridized carbons (Fsp3) is 0.579. The molecular formula is C19H24N2O3. The fourth-order valence-corrected chi connectivity index (χ4v) is 4.33. The van der Waals surface area contributed by atoms with Gasteiger partial charge in [-0.25, -0.2) is 0 Å². The van der Waals surface area contributed by atoms with Crippen LogP contribution in [0.3, 0.4) is 0 Å². The third-order valence-electron chi connectivity index (χ3n) is 5.55. The second-order valence-corrected chi connectivity index (χ2v) is 6.96. The van der Waals surface area contributed by atoms with Crippen molar-refractivity contribution < 1.29 is 14.3 Å². The van der Waals surface area contributed by atoms with E-state index in [1.54, 1.807) is 12.1 Å². The van der Waals surface area contributed by atoms with Gasteiger partial charge in [0.15, 0.2) is 0 Å². The second kappa shape index (κ2) is 6.65. The number of amides is 2. The average Bonchev–Trinajstić information content (AvgIpc) is 2.87. The van der Waals surface area contributed by atoms with Crippen LogP contribution in [-0.4, -0.2) is 60.0 Å². The Bertz CT molecular complexity index is 608. The van der Waals surface area contributed by atoms with E-state index < -0.39 is 0 Å². The highest BCUT2D eigenvalue weighted by Crippen LogP contribution is 2.28. The minimum Gasteiger partial charge on any atom is -0.375 e. The number of ether oxygens (including phenoxy) is 1. The van der Waals surface area contributed by atoms with Crippen LogP contribution >= 0.6 is 0 Å². The highest BCUT2D eigenvalue weighted by Gasteiger charge is 2.36. The number of nitrogens with zero attached hydrogens (tertiary/aromatic N) is 2. The van der Waals surface area contributed by atoms with E-state index in [4.69, 9.17) is 4.74 Å². The van der Waals surface area contributed by atoms with Crippen molar-refractivity contribution in [3.05, 3.63) is 35.4 Å². The molecule has 0 N–H and O–H groups in total. The van der Waals surface area contributed by atoms with E-state index in [0.29, 0.717) is 29.8 Å². The first-order valence-corrected chi connectivity index (χ1v) is 9.06. The van der Waals surface area contributed by atoms with E-state index in [1.165, 1.54) is 30.6 Å². The Kier molecular flexibility index (Phi) is 4.37. The Morgan fingerprint density at radius 1 is 1.00 bits per heavy atom. The summed E-state index contributed by atoms with van der Waals surface area (Å²) in [5, 5.41) is 0. The third-order valence-corrected chi connectivity index (χ3v) is 5.55. The van der Waals surface area contributed by atoms with Gasteiger partial charge in [0.25, 0.3) is 11.8 Å². The lowest BCUT2D eigenvalue weighted by atomic mass is 9.90. The maximum atomic E-state index is 12.4. The summed E-state index contributed by atoms with van der Waals surface area (Å²) in [6.45, 7) is 3.19. The van der Waals surface area contributed by atoms with E-state index >= 15 is 0 Å². The van der Waals surface area contributed by atoms with Gasteiger partial charge in [0.05, 0.1) is 23.8 Å². The molecule has 0 radical (unpaired) electrons. The summed E-state index contributed by atoms with van der Waals surface area (Å²) in [6, 6.07) is 7.62. The van der Waals surface area contributed by atoms with Crippen molar-refractivity contribution in [1.82, 2.24) is 9.80 Å². The molecule has 24 heavy (non-hydrogen) atoms. The van der Waals surface area contributed by atoms with Gasteiger partial charge in [-0.3, -0.25) is 19.4 Å². The molecule has 1 aliphatic carbocycles. The second-order valence-electron chi connectivity index (χ2n) is 6.96. The number of fused-ring (bicyclic) bond motifs is 2. The van der Waals surface area contributed by atoms with Crippen molar-refractivity contribution in [2.45, 2.75) is 44.2 Å². The molecule has 0 spiro atoms. The molecule has 2 atom stereocenters. The Morgan fingerprint density at radius 2 is 1.71 bits per heavy atom. The molecule has 5 heteroatoms. The number of hydrogen-bond acceptors (Lipinski definition) is 4. The smallest absolute Gasteiger partial charge is 0.261 e. The number of benzene rings is 1. The predicted molar refractivity (Wildman–Crippen MR) is 90.0 cm³/mol. The van der Waals surface area contributed by atoms with Gasteiger partial charge >= 0.3 is 0 Å². The number of morpholine rings is 1. The summed E-state index contributed by atoms with van der Waals surface area (Å²) >= 11 is 0. The van der Waals surface area contributed by atoms with Crippen LogP contribution in [0.15, 0.2) is 24.3 Å². The van der Waals surface area contributed by atoms with Gasteiger partial charge in [-0.15, -0.1) is 0 Å². The molecule has 0 aromatic heterocycles. The van der Waals surface area contributed by atoms with Crippen molar-refractivity contribution >= 4 is 11.8 Å². The first kappa shape index (κ1) is 15.8. The Morgan fingerprint density at radius 3 is 2.46 bits per heavy atom. The van der Waals surface area contributed by atoms with E-state index in [0.717, 1.165) is 26.1 Å². The van der Waals surface area contributed by atoms with Gasteiger partial charge in [0, 0.05) is 25.7 Å². The van der Waals surface area contributed by atoms with E-state index in [1.807, 2.05) is 12.1 Å². The molecule has 2 amide bonds. The van der Waals surface area contributed by atoms with Gasteiger partial charge < -0.3 is 4.74 Å². The summed E-state index contributed by atoms with van der Waals surface area (Å²) in [7, 11) is 0. The first-order valence-electron chi connectivity index (χ1n) is 9.06. The molecule has 2 fully saturated rings. The zero-order valence-electron chi connectivity index (χ0n) is 13.9. The van der Waals surface area contributed by atoms with Crippen LogP contribution < -0.4 is 0 Å². The summed E-state index contributed by atoms with van der Waals surface area (Å²) in [6.07, 6.45) is 6.13. The molecule has 1 saturated heterocycles. The van der Waals surface area contributed by atoms with Crippen LogP contribution in [0.5, 0.6) is 0 Å². The number of carbonyl (C=O) groups is 2. The van der Waals surface area contributed by atoms with Crippen molar-refractivity contribution in [3.63, 3.8) is 0 Å². The van der Waals surface area contributed by atoms with Crippen molar-refractivity contribution in [2.75, 3.05) is 26.2 Å². The zero-order chi connectivity index (χ0) is 16.5. The zero-order valence-corrected chi connectivity index (χ0v) is 13.9. The fourth-order valence-electron chi connectivity index (χ4n) is 4.33. The molecule has 0 bridgehead atoms. The maximum Gasteiger partial charge on any atom is 0.261 e.